The van der Waals surface area contributed by atoms with E-state index in [1.165, 1.54) is 12.1 Å². The van der Waals surface area contributed by atoms with Gasteiger partial charge in [0.1, 0.15) is 11.6 Å². The van der Waals surface area contributed by atoms with Crippen molar-refractivity contribution in [2.75, 3.05) is 20.1 Å². The van der Waals surface area contributed by atoms with E-state index in [1.807, 2.05) is 13.8 Å². The van der Waals surface area contributed by atoms with Gasteiger partial charge in [-0.1, -0.05) is 17.3 Å². The summed E-state index contributed by atoms with van der Waals surface area (Å²) in [6, 6.07) is 5.96. The fourth-order valence-electron chi connectivity index (χ4n) is 3.65. The molecule has 0 N–H and O–H groups in total. The van der Waals surface area contributed by atoms with E-state index in [0.717, 1.165) is 35.4 Å². The Kier molecular flexibility index (Phi) is 6.11. The lowest BCUT2D eigenvalue weighted by atomic mass is 9.95. The molecule has 6 nitrogen and oxygen atoms in total. The van der Waals surface area contributed by atoms with Gasteiger partial charge in [-0.25, -0.2) is 4.39 Å². The molecule has 1 saturated heterocycles. The average Bonchev–Trinajstić information content (AvgIpc) is 3.01. The second kappa shape index (κ2) is 8.54. The number of carbonyl (C=O) groups excluding carboxylic acids is 2. The number of aromatic nitrogens is 1. The molecule has 0 radical (unpaired) electrons. The number of carbonyl (C=O) groups is 2. The van der Waals surface area contributed by atoms with E-state index in [0.29, 0.717) is 19.6 Å². The Morgan fingerprint density at radius 2 is 2.00 bits per heavy atom. The van der Waals surface area contributed by atoms with Gasteiger partial charge in [-0.05, 0) is 44.4 Å². The fraction of sp³-hybridized carbons (Fsp3) is 0.476. The summed E-state index contributed by atoms with van der Waals surface area (Å²) in [5.74, 6) is 0.186. The van der Waals surface area contributed by atoms with Crippen LogP contribution in [-0.4, -0.2) is 46.9 Å². The van der Waals surface area contributed by atoms with Crippen molar-refractivity contribution in [3.05, 3.63) is 52.7 Å². The highest BCUT2D eigenvalue weighted by atomic mass is 19.1. The lowest BCUT2D eigenvalue weighted by Gasteiger charge is -2.34. The summed E-state index contributed by atoms with van der Waals surface area (Å²) >= 11 is 0. The van der Waals surface area contributed by atoms with E-state index < -0.39 is 0 Å². The van der Waals surface area contributed by atoms with Gasteiger partial charge in [0, 0.05) is 25.7 Å². The van der Waals surface area contributed by atoms with Crippen molar-refractivity contribution < 1.29 is 18.5 Å². The predicted octanol–water partition coefficient (Wildman–Crippen LogP) is 2.87. The van der Waals surface area contributed by atoms with Crippen molar-refractivity contribution in [2.24, 2.45) is 5.92 Å². The minimum atomic E-state index is -0.318. The monoisotopic (exact) mass is 387 g/mol. The smallest absolute Gasteiger partial charge is 0.227 e. The topological polar surface area (TPSA) is 66.7 Å². The fourth-order valence-corrected chi connectivity index (χ4v) is 3.65. The molecule has 1 fully saturated rings. The highest BCUT2D eigenvalue weighted by Gasteiger charge is 2.30. The molecule has 1 aromatic heterocycles. The van der Waals surface area contributed by atoms with Crippen molar-refractivity contribution in [3.63, 3.8) is 0 Å². The molecule has 7 heteroatoms. The van der Waals surface area contributed by atoms with Crippen molar-refractivity contribution in [3.8, 4) is 0 Å². The third-order valence-electron chi connectivity index (χ3n) is 5.34. The van der Waals surface area contributed by atoms with Crippen molar-refractivity contribution in [1.82, 2.24) is 15.0 Å². The number of amides is 2. The number of piperidine rings is 1. The first kappa shape index (κ1) is 20.0. The zero-order valence-corrected chi connectivity index (χ0v) is 16.6. The summed E-state index contributed by atoms with van der Waals surface area (Å²) in [5.41, 5.74) is 2.49. The van der Waals surface area contributed by atoms with Crippen LogP contribution >= 0.6 is 0 Å². The molecule has 1 aliphatic rings. The summed E-state index contributed by atoms with van der Waals surface area (Å²) in [4.78, 5) is 29.0. The molecule has 150 valence electrons. The van der Waals surface area contributed by atoms with Crippen LogP contribution in [0.2, 0.25) is 0 Å². The van der Waals surface area contributed by atoms with Crippen LogP contribution in [0, 0.1) is 25.6 Å². The van der Waals surface area contributed by atoms with Gasteiger partial charge >= 0.3 is 0 Å². The Morgan fingerprint density at radius 1 is 1.29 bits per heavy atom. The van der Waals surface area contributed by atoms with Crippen LogP contribution < -0.4 is 0 Å². The zero-order valence-electron chi connectivity index (χ0n) is 16.6. The van der Waals surface area contributed by atoms with Crippen LogP contribution in [0.15, 0.2) is 28.8 Å². The molecule has 3 rings (SSSR count). The SMILES string of the molecule is Cc1noc(C)c1CN(C)C(=O)C1CCCN(C(=O)Cc2ccc(F)cc2)C1. The lowest BCUT2D eigenvalue weighted by Crippen LogP contribution is -2.46. The van der Waals surface area contributed by atoms with Crippen LogP contribution in [-0.2, 0) is 22.6 Å². The third-order valence-corrected chi connectivity index (χ3v) is 5.34. The molecule has 0 saturated carbocycles. The van der Waals surface area contributed by atoms with Crippen LogP contribution in [0.25, 0.3) is 0 Å². The second-order valence-electron chi connectivity index (χ2n) is 7.48. The van der Waals surface area contributed by atoms with E-state index in [2.05, 4.69) is 5.16 Å². The number of rotatable bonds is 5. The Morgan fingerprint density at radius 3 is 2.64 bits per heavy atom. The molecule has 2 aromatic rings. The van der Waals surface area contributed by atoms with Crippen LogP contribution in [0.1, 0.15) is 35.4 Å². The van der Waals surface area contributed by atoms with Crippen LogP contribution in [0.4, 0.5) is 4.39 Å². The largest absolute Gasteiger partial charge is 0.361 e. The number of halogens is 1. The Hall–Kier alpha value is -2.70. The molecule has 2 amide bonds. The van der Waals surface area contributed by atoms with Gasteiger partial charge in [-0.3, -0.25) is 9.59 Å². The van der Waals surface area contributed by atoms with E-state index >= 15 is 0 Å². The molecule has 1 atom stereocenters. The maximum absolute atomic E-state index is 13.0. The summed E-state index contributed by atoms with van der Waals surface area (Å²) in [5, 5.41) is 3.93. The Balaban J connectivity index is 1.59. The molecular formula is C21H26FN3O3. The highest BCUT2D eigenvalue weighted by molar-refractivity contribution is 5.82. The molecule has 1 aromatic carbocycles. The maximum Gasteiger partial charge on any atom is 0.227 e. The van der Waals surface area contributed by atoms with Gasteiger partial charge < -0.3 is 14.3 Å². The highest BCUT2D eigenvalue weighted by Crippen LogP contribution is 2.22. The first-order chi connectivity index (χ1) is 13.3. The predicted molar refractivity (Wildman–Crippen MR) is 102 cm³/mol. The lowest BCUT2D eigenvalue weighted by molar-refractivity contribution is -0.140. The van der Waals surface area contributed by atoms with E-state index in [4.69, 9.17) is 4.52 Å². The average molecular weight is 387 g/mol. The van der Waals surface area contributed by atoms with Gasteiger partial charge in [0.2, 0.25) is 11.8 Å². The van der Waals surface area contributed by atoms with Gasteiger partial charge in [-0.2, -0.15) is 0 Å². The number of benzene rings is 1. The number of nitrogens with zero attached hydrogens (tertiary/aromatic N) is 3. The quantitative estimate of drug-likeness (QED) is 0.791. The van der Waals surface area contributed by atoms with Crippen molar-refractivity contribution in [2.45, 2.75) is 39.7 Å². The minimum absolute atomic E-state index is 0.0271. The number of aryl methyl sites for hydroxylation is 2. The first-order valence-corrected chi connectivity index (χ1v) is 9.54. The molecule has 0 aliphatic carbocycles. The second-order valence-corrected chi connectivity index (χ2v) is 7.48. The summed E-state index contributed by atoms with van der Waals surface area (Å²) < 4.78 is 18.2. The summed E-state index contributed by atoms with van der Waals surface area (Å²) in [7, 11) is 1.77. The number of likely N-dealkylation sites (tertiary alicyclic amines) is 1. The van der Waals surface area contributed by atoms with Crippen molar-refractivity contribution >= 4 is 11.8 Å². The molecule has 28 heavy (non-hydrogen) atoms. The van der Waals surface area contributed by atoms with E-state index in [9.17, 15) is 14.0 Å². The number of hydrogen-bond acceptors (Lipinski definition) is 4. The van der Waals surface area contributed by atoms with Crippen LogP contribution in [0.5, 0.6) is 0 Å². The Bertz CT molecular complexity index is 828. The van der Waals surface area contributed by atoms with Gasteiger partial charge in [0.25, 0.3) is 0 Å². The Labute approximate surface area is 164 Å². The molecule has 1 aliphatic heterocycles. The third kappa shape index (κ3) is 4.58. The normalized spacial score (nSPS) is 16.9. The van der Waals surface area contributed by atoms with Gasteiger partial charge in [0.15, 0.2) is 0 Å². The molecular weight excluding hydrogens is 361 g/mol. The van der Waals surface area contributed by atoms with E-state index in [1.54, 1.807) is 29.0 Å². The maximum atomic E-state index is 13.0. The zero-order chi connectivity index (χ0) is 20.3. The van der Waals surface area contributed by atoms with Crippen molar-refractivity contribution in [1.29, 1.82) is 0 Å². The first-order valence-electron chi connectivity index (χ1n) is 9.54. The van der Waals surface area contributed by atoms with Crippen LogP contribution in [0.3, 0.4) is 0 Å². The van der Waals surface area contributed by atoms with Gasteiger partial charge in [-0.15, -0.1) is 0 Å². The number of hydrogen-bond donors (Lipinski definition) is 0. The molecule has 0 bridgehead atoms. The molecule has 1 unspecified atom stereocenters. The van der Waals surface area contributed by atoms with E-state index in [-0.39, 0.29) is 30.0 Å². The molecule has 2 heterocycles. The van der Waals surface area contributed by atoms with Gasteiger partial charge in [0.05, 0.1) is 24.6 Å². The summed E-state index contributed by atoms with van der Waals surface area (Å²) in [6.07, 6.45) is 1.78. The minimum Gasteiger partial charge on any atom is -0.361 e. The summed E-state index contributed by atoms with van der Waals surface area (Å²) in [6.45, 7) is 5.22. The standard InChI is InChI=1S/C21H26FN3O3/c1-14-19(15(2)28-23-14)13-24(3)21(27)17-5-4-10-25(12-17)20(26)11-16-6-8-18(22)9-7-16/h6-9,17H,4-5,10-13H2,1-3H3. The molecule has 0 spiro atoms.